The van der Waals surface area contributed by atoms with E-state index in [0.29, 0.717) is 6.54 Å². The summed E-state index contributed by atoms with van der Waals surface area (Å²) in [5.74, 6) is 0.0585. The van der Waals surface area contributed by atoms with Gasteiger partial charge in [-0.1, -0.05) is 46.3 Å². The first kappa shape index (κ1) is 19.1. The van der Waals surface area contributed by atoms with Crippen LogP contribution in [0.25, 0.3) is 0 Å². The summed E-state index contributed by atoms with van der Waals surface area (Å²) in [4.78, 5) is 17.1. The molecule has 0 aliphatic carbocycles. The van der Waals surface area contributed by atoms with Crippen LogP contribution in [0.4, 0.5) is 5.69 Å². The first-order valence-electron chi connectivity index (χ1n) is 9.15. The number of carbonyl (C=O) groups excluding carboxylic acids is 1. The standard InChI is InChI=1S/C21H26BrN3O/c1-17-14-19(8-9-20(17)22)23-21(26)16-25-11-5-10-24(12-13-25)15-18-6-3-2-4-7-18/h2-4,6-9,14H,5,10-13,15-16H2,1H3,(H,23,26). The van der Waals surface area contributed by atoms with Gasteiger partial charge in [0.05, 0.1) is 6.54 Å². The topological polar surface area (TPSA) is 35.6 Å². The van der Waals surface area contributed by atoms with E-state index in [4.69, 9.17) is 0 Å². The van der Waals surface area contributed by atoms with Gasteiger partial charge in [-0.3, -0.25) is 14.6 Å². The van der Waals surface area contributed by atoms with Crippen LogP contribution in [0.15, 0.2) is 53.0 Å². The zero-order valence-corrected chi connectivity index (χ0v) is 16.8. The molecule has 2 aromatic carbocycles. The molecule has 1 amide bonds. The summed E-state index contributed by atoms with van der Waals surface area (Å²) >= 11 is 3.49. The lowest BCUT2D eigenvalue weighted by Crippen LogP contribution is -2.36. The molecule has 0 saturated carbocycles. The fraction of sp³-hybridized carbons (Fsp3) is 0.381. The number of halogens is 1. The van der Waals surface area contributed by atoms with Gasteiger partial charge in [-0.15, -0.1) is 0 Å². The molecule has 0 radical (unpaired) electrons. The largest absolute Gasteiger partial charge is 0.325 e. The summed E-state index contributed by atoms with van der Waals surface area (Å²) < 4.78 is 1.06. The molecule has 0 atom stereocenters. The highest BCUT2D eigenvalue weighted by atomic mass is 79.9. The van der Waals surface area contributed by atoms with E-state index in [0.717, 1.165) is 54.9 Å². The van der Waals surface area contributed by atoms with Crippen molar-refractivity contribution in [2.75, 3.05) is 38.0 Å². The maximum Gasteiger partial charge on any atom is 0.238 e. The molecule has 2 aromatic rings. The average Bonchev–Trinajstić information content (AvgIpc) is 2.84. The summed E-state index contributed by atoms with van der Waals surface area (Å²) in [5.41, 5.74) is 3.33. The SMILES string of the molecule is Cc1cc(NC(=O)CN2CCCN(Cc3ccccc3)CC2)ccc1Br. The summed E-state index contributed by atoms with van der Waals surface area (Å²) in [6.45, 7) is 7.44. The van der Waals surface area contributed by atoms with Crippen molar-refractivity contribution in [3.63, 3.8) is 0 Å². The molecule has 0 spiro atoms. The number of hydrogen-bond acceptors (Lipinski definition) is 3. The smallest absolute Gasteiger partial charge is 0.238 e. The molecule has 0 unspecified atom stereocenters. The van der Waals surface area contributed by atoms with Gasteiger partial charge in [0.25, 0.3) is 0 Å². The van der Waals surface area contributed by atoms with Crippen molar-refractivity contribution < 1.29 is 4.79 Å². The minimum absolute atomic E-state index is 0.0585. The number of nitrogens with zero attached hydrogens (tertiary/aromatic N) is 2. The van der Waals surface area contributed by atoms with E-state index >= 15 is 0 Å². The Hall–Kier alpha value is -1.69. The molecule has 1 aliphatic heterocycles. The van der Waals surface area contributed by atoms with Crippen LogP contribution >= 0.6 is 15.9 Å². The monoisotopic (exact) mass is 415 g/mol. The molecule has 0 aromatic heterocycles. The molecule has 4 nitrogen and oxygen atoms in total. The highest BCUT2D eigenvalue weighted by molar-refractivity contribution is 9.10. The van der Waals surface area contributed by atoms with Crippen LogP contribution < -0.4 is 5.32 Å². The van der Waals surface area contributed by atoms with Crippen molar-refractivity contribution in [1.82, 2.24) is 9.80 Å². The van der Waals surface area contributed by atoms with E-state index in [1.807, 2.05) is 25.1 Å². The third-order valence-electron chi connectivity index (χ3n) is 4.74. The van der Waals surface area contributed by atoms with Crippen LogP contribution in [-0.4, -0.2) is 48.4 Å². The molecular weight excluding hydrogens is 390 g/mol. The Bertz CT molecular complexity index is 735. The van der Waals surface area contributed by atoms with Gasteiger partial charge in [0, 0.05) is 29.8 Å². The Morgan fingerprint density at radius 1 is 1.04 bits per heavy atom. The highest BCUT2D eigenvalue weighted by Gasteiger charge is 2.17. The number of nitrogens with one attached hydrogen (secondary N) is 1. The summed E-state index contributed by atoms with van der Waals surface area (Å²) in [6, 6.07) is 16.5. The number of amides is 1. The minimum atomic E-state index is 0.0585. The fourth-order valence-corrected chi connectivity index (χ4v) is 3.55. The summed E-state index contributed by atoms with van der Waals surface area (Å²) in [5, 5.41) is 3.01. The van der Waals surface area contributed by atoms with Crippen LogP contribution in [0.3, 0.4) is 0 Å². The van der Waals surface area contributed by atoms with Crippen molar-refractivity contribution in [2.24, 2.45) is 0 Å². The summed E-state index contributed by atoms with van der Waals surface area (Å²) in [6.07, 6.45) is 1.09. The molecular formula is C21H26BrN3O. The zero-order chi connectivity index (χ0) is 18.4. The van der Waals surface area contributed by atoms with E-state index < -0.39 is 0 Å². The molecule has 1 heterocycles. The molecule has 3 rings (SSSR count). The van der Waals surface area contributed by atoms with Crippen LogP contribution in [0, 0.1) is 6.92 Å². The second-order valence-electron chi connectivity index (χ2n) is 6.90. The van der Waals surface area contributed by atoms with E-state index in [1.54, 1.807) is 0 Å². The van der Waals surface area contributed by atoms with Crippen LogP contribution in [0.1, 0.15) is 17.5 Å². The predicted octanol–water partition coefficient (Wildman–Crippen LogP) is 3.90. The first-order chi connectivity index (χ1) is 12.6. The molecule has 26 heavy (non-hydrogen) atoms. The number of aryl methyl sites for hydroxylation is 1. The third kappa shape index (κ3) is 5.66. The normalized spacial score (nSPS) is 16.2. The van der Waals surface area contributed by atoms with E-state index in [1.165, 1.54) is 5.56 Å². The van der Waals surface area contributed by atoms with Gasteiger partial charge in [0.2, 0.25) is 5.91 Å². The molecule has 0 bridgehead atoms. The van der Waals surface area contributed by atoms with Crippen molar-refractivity contribution in [3.05, 3.63) is 64.1 Å². The lowest BCUT2D eigenvalue weighted by atomic mass is 10.2. The number of rotatable bonds is 5. The quantitative estimate of drug-likeness (QED) is 0.803. The second-order valence-corrected chi connectivity index (χ2v) is 7.76. The van der Waals surface area contributed by atoms with Gasteiger partial charge in [-0.2, -0.15) is 0 Å². The molecule has 1 N–H and O–H groups in total. The Kier molecular flexibility index (Phi) is 6.83. The number of hydrogen-bond donors (Lipinski definition) is 1. The number of anilines is 1. The predicted molar refractivity (Wildman–Crippen MR) is 110 cm³/mol. The first-order valence-corrected chi connectivity index (χ1v) is 9.94. The van der Waals surface area contributed by atoms with Crippen molar-refractivity contribution in [1.29, 1.82) is 0 Å². The van der Waals surface area contributed by atoms with Crippen LogP contribution in [0.5, 0.6) is 0 Å². The average molecular weight is 416 g/mol. The van der Waals surface area contributed by atoms with Crippen molar-refractivity contribution in [3.8, 4) is 0 Å². The molecule has 1 fully saturated rings. The Morgan fingerprint density at radius 3 is 2.54 bits per heavy atom. The van der Waals surface area contributed by atoms with Gasteiger partial charge in [-0.25, -0.2) is 0 Å². The molecule has 1 saturated heterocycles. The van der Waals surface area contributed by atoms with Crippen LogP contribution in [-0.2, 0) is 11.3 Å². The number of carbonyl (C=O) groups is 1. The van der Waals surface area contributed by atoms with Gasteiger partial charge in [-0.05, 0) is 55.8 Å². The van der Waals surface area contributed by atoms with Gasteiger partial charge in [0.1, 0.15) is 0 Å². The number of benzene rings is 2. The maximum absolute atomic E-state index is 12.4. The van der Waals surface area contributed by atoms with Crippen LogP contribution in [0.2, 0.25) is 0 Å². The lowest BCUT2D eigenvalue weighted by molar-refractivity contribution is -0.117. The van der Waals surface area contributed by atoms with Gasteiger partial charge in [0.15, 0.2) is 0 Å². The maximum atomic E-state index is 12.4. The lowest BCUT2D eigenvalue weighted by Gasteiger charge is -2.21. The highest BCUT2D eigenvalue weighted by Crippen LogP contribution is 2.20. The summed E-state index contributed by atoms with van der Waals surface area (Å²) in [7, 11) is 0. The van der Waals surface area contributed by atoms with Crippen molar-refractivity contribution >= 4 is 27.5 Å². The molecule has 138 valence electrons. The minimum Gasteiger partial charge on any atom is -0.325 e. The molecule has 5 heteroatoms. The van der Waals surface area contributed by atoms with E-state index in [-0.39, 0.29) is 5.91 Å². The van der Waals surface area contributed by atoms with Crippen molar-refractivity contribution in [2.45, 2.75) is 19.9 Å². The Morgan fingerprint density at radius 2 is 1.77 bits per heavy atom. The van der Waals surface area contributed by atoms with E-state index in [9.17, 15) is 4.79 Å². The Balaban J connectivity index is 1.48. The second kappa shape index (κ2) is 9.31. The zero-order valence-electron chi connectivity index (χ0n) is 15.2. The third-order valence-corrected chi connectivity index (χ3v) is 5.63. The molecule has 1 aliphatic rings. The van der Waals surface area contributed by atoms with E-state index in [2.05, 4.69) is 61.4 Å². The van der Waals surface area contributed by atoms with Gasteiger partial charge >= 0.3 is 0 Å². The fourth-order valence-electron chi connectivity index (χ4n) is 3.31. The Labute approximate surface area is 164 Å². The van der Waals surface area contributed by atoms with Gasteiger partial charge < -0.3 is 5.32 Å².